The van der Waals surface area contributed by atoms with Crippen LogP contribution in [-0.4, -0.2) is 25.5 Å². The van der Waals surface area contributed by atoms with Crippen molar-refractivity contribution in [2.75, 3.05) is 19.8 Å². The minimum atomic E-state index is 0.123. The molecule has 92 valence electrons. The lowest BCUT2D eigenvalue weighted by Crippen LogP contribution is -2.36. The first kappa shape index (κ1) is 12.1. The zero-order chi connectivity index (χ0) is 11.4. The molecule has 1 saturated carbocycles. The molecule has 2 rings (SSSR count). The second kappa shape index (κ2) is 5.28. The van der Waals surface area contributed by atoms with Crippen molar-refractivity contribution in [3.05, 3.63) is 0 Å². The molecule has 3 nitrogen and oxygen atoms in total. The number of nitrogens with two attached hydrogens (primary N) is 1. The zero-order valence-electron chi connectivity index (χ0n) is 10.0. The summed E-state index contributed by atoms with van der Waals surface area (Å²) in [5.41, 5.74) is 6.02. The predicted molar refractivity (Wildman–Crippen MR) is 63.1 cm³/mol. The Morgan fingerprint density at radius 3 is 2.62 bits per heavy atom. The van der Waals surface area contributed by atoms with Gasteiger partial charge in [0, 0.05) is 18.9 Å². The average molecular weight is 225 g/mol. The SMILES string of the molecule is NCC1(CC(=O)C2CCOC2)CCCCC1. The van der Waals surface area contributed by atoms with Crippen LogP contribution in [0.25, 0.3) is 0 Å². The summed E-state index contributed by atoms with van der Waals surface area (Å²) in [5.74, 6) is 0.551. The van der Waals surface area contributed by atoms with Crippen LogP contribution in [-0.2, 0) is 9.53 Å². The Morgan fingerprint density at radius 2 is 2.06 bits per heavy atom. The molecule has 2 N–H and O–H groups in total. The highest BCUT2D eigenvalue weighted by atomic mass is 16.5. The summed E-state index contributed by atoms with van der Waals surface area (Å²) in [4.78, 5) is 12.1. The first-order chi connectivity index (χ1) is 7.76. The number of Topliss-reactive ketones (excluding diaryl/α,β-unsaturated/α-hetero) is 1. The second-order valence-corrected chi connectivity index (χ2v) is 5.47. The third kappa shape index (κ3) is 2.64. The molecule has 1 aliphatic carbocycles. The fourth-order valence-corrected chi connectivity index (χ4v) is 3.06. The van der Waals surface area contributed by atoms with Crippen LogP contribution in [0.15, 0.2) is 0 Å². The van der Waals surface area contributed by atoms with Gasteiger partial charge in [-0.25, -0.2) is 0 Å². The van der Waals surface area contributed by atoms with Crippen molar-refractivity contribution in [1.82, 2.24) is 0 Å². The Morgan fingerprint density at radius 1 is 1.31 bits per heavy atom. The lowest BCUT2D eigenvalue weighted by Gasteiger charge is -2.36. The van der Waals surface area contributed by atoms with Crippen LogP contribution in [0.3, 0.4) is 0 Å². The Bertz CT molecular complexity index is 240. The monoisotopic (exact) mass is 225 g/mol. The van der Waals surface area contributed by atoms with E-state index < -0.39 is 0 Å². The highest BCUT2D eigenvalue weighted by molar-refractivity contribution is 5.82. The van der Waals surface area contributed by atoms with E-state index in [0.717, 1.165) is 25.9 Å². The first-order valence-corrected chi connectivity index (χ1v) is 6.56. The van der Waals surface area contributed by atoms with E-state index in [2.05, 4.69) is 0 Å². The van der Waals surface area contributed by atoms with E-state index in [1.807, 2.05) is 0 Å². The van der Waals surface area contributed by atoms with Crippen molar-refractivity contribution in [2.24, 2.45) is 17.1 Å². The van der Waals surface area contributed by atoms with Crippen molar-refractivity contribution in [2.45, 2.75) is 44.9 Å². The molecule has 16 heavy (non-hydrogen) atoms. The molecule has 1 aliphatic heterocycles. The van der Waals surface area contributed by atoms with Crippen LogP contribution in [0, 0.1) is 11.3 Å². The molecule has 0 bridgehead atoms. The highest BCUT2D eigenvalue weighted by Gasteiger charge is 2.35. The van der Waals surface area contributed by atoms with Crippen molar-refractivity contribution < 1.29 is 9.53 Å². The summed E-state index contributed by atoms with van der Waals surface area (Å²) in [7, 11) is 0. The van der Waals surface area contributed by atoms with E-state index >= 15 is 0 Å². The lowest BCUT2D eigenvalue weighted by atomic mass is 9.70. The molecular formula is C13H23NO2. The summed E-state index contributed by atoms with van der Waals surface area (Å²) in [6, 6.07) is 0. The molecule has 1 unspecified atom stereocenters. The maximum atomic E-state index is 12.1. The number of ketones is 1. The molecular weight excluding hydrogens is 202 g/mol. The van der Waals surface area contributed by atoms with Crippen LogP contribution in [0.4, 0.5) is 0 Å². The fourth-order valence-electron chi connectivity index (χ4n) is 3.06. The van der Waals surface area contributed by atoms with Gasteiger partial charge in [0.15, 0.2) is 0 Å². The van der Waals surface area contributed by atoms with Gasteiger partial charge in [-0.1, -0.05) is 19.3 Å². The van der Waals surface area contributed by atoms with Gasteiger partial charge in [-0.2, -0.15) is 0 Å². The number of ether oxygens (including phenoxy) is 1. The standard InChI is InChI=1S/C13H23NO2/c14-10-13(5-2-1-3-6-13)8-12(15)11-4-7-16-9-11/h11H,1-10,14H2. The van der Waals surface area contributed by atoms with Crippen LogP contribution >= 0.6 is 0 Å². The zero-order valence-corrected chi connectivity index (χ0v) is 10.0. The molecule has 2 fully saturated rings. The Balaban J connectivity index is 1.91. The van der Waals surface area contributed by atoms with E-state index in [-0.39, 0.29) is 11.3 Å². The van der Waals surface area contributed by atoms with Gasteiger partial charge in [-0.05, 0) is 31.2 Å². The average Bonchev–Trinajstić information content (AvgIpc) is 2.84. The van der Waals surface area contributed by atoms with Crippen molar-refractivity contribution in [3.63, 3.8) is 0 Å². The Kier molecular flexibility index (Phi) is 3.98. The lowest BCUT2D eigenvalue weighted by molar-refractivity contribution is -0.125. The van der Waals surface area contributed by atoms with E-state index in [1.165, 1.54) is 19.3 Å². The minimum absolute atomic E-state index is 0.123. The maximum Gasteiger partial charge on any atom is 0.138 e. The quantitative estimate of drug-likeness (QED) is 0.795. The second-order valence-electron chi connectivity index (χ2n) is 5.47. The molecule has 0 aromatic heterocycles. The van der Waals surface area contributed by atoms with Gasteiger partial charge < -0.3 is 10.5 Å². The van der Waals surface area contributed by atoms with Gasteiger partial charge in [0.2, 0.25) is 0 Å². The normalized spacial score (nSPS) is 29.2. The third-order valence-electron chi connectivity index (χ3n) is 4.28. The van der Waals surface area contributed by atoms with E-state index in [1.54, 1.807) is 0 Å². The molecule has 1 atom stereocenters. The first-order valence-electron chi connectivity index (χ1n) is 6.56. The number of carbonyl (C=O) groups excluding carboxylic acids is 1. The van der Waals surface area contributed by atoms with E-state index in [9.17, 15) is 4.79 Å². The van der Waals surface area contributed by atoms with Crippen molar-refractivity contribution in [3.8, 4) is 0 Å². The van der Waals surface area contributed by atoms with Gasteiger partial charge in [0.1, 0.15) is 5.78 Å². The highest BCUT2D eigenvalue weighted by Crippen LogP contribution is 2.39. The van der Waals surface area contributed by atoms with Crippen LogP contribution in [0.5, 0.6) is 0 Å². The summed E-state index contributed by atoms with van der Waals surface area (Å²) in [6.45, 7) is 2.07. The summed E-state index contributed by atoms with van der Waals surface area (Å²) in [6.07, 6.45) is 7.68. The summed E-state index contributed by atoms with van der Waals surface area (Å²) < 4.78 is 5.28. The van der Waals surface area contributed by atoms with Crippen molar-refractivity contribution in [1.29, 1.82) is 0 Å². The molecule has 2 aliphatic rings. The summed E-state index contributed by atoms with van der Waals surface area (Å²) >= 11 is 0. The van der Waals surface area contributed by atoms with Gasteiger partial charge in [-0.3, -0.25) is 4.79 Å². The molecule has 1 heterocycles. The van der Waals surface area contributed by atoms with Crippen molar-refractivity contribution >= 4 is 5.78 Å². The number of hydrogen-bond acceptors (Lipinski definition) is 3. The molecule has 3 heteroatoms. The number of hydrogen-bond donors (Lipinski definition) is 1. The molecule has 1 saturated heterocycles. The molecule has 0 spiro atoms. The van der Waals surface area contributed by atoms with Crippen LogP contribution in [0.1, 0.15) is 44.9 Å². The molecule has 0 aromatic rings. The smallest absolute Gasteiger partial charge is 0.138 e. The van der Waals surface area contributed by atoms with E-state index in [0.29, 0.717) is 25.4 Å². The maximum absolute atomic E-state index is 12.1. The number of carbonyl (C=O) groups is 1. The Hall–Kier alpha value is -0.410. The topological polar surface area (TPSA) is 52.3 Å². The molecule has 0 aromatic carbocycles. The van der Waals surface area contributed by atoms with Crippen LogP contribution < -0.4 is 5.73 Å². The molecule has 0 radical (unpaired) electrons. The van der Waals surface area contributed by atoms with Gasteiger partial charge >= 0.3 is 0 Å². The van der Waals surface area contributed by atoms with Crippen LogP contribution in [0.2, 0.25) is 0 Å². The number of rotatable bonds is 4. The van der Waals surface area contributed by atoms with Gasteiger partial charge in [0.05, 0.1) is 6.61 Å². The van der Waals surface area contributed by atoms with Gasteiger partial charge in [0.25, 0.3) is 0 Å². The summed E-state index contributed by atoms with van der Waals surface area (Å²) in [5, 5.41) is 0. The fraction of sp³-hybridized carbons (Fsp3) is 0.923. The van der Waals surface area contributed by atoms with E-state index in [4.69, 9.17) is 10.5 Å². The Labute approximate surface area is 97.7 Å². The minimum Gasteiger partial charge on any atom is -0.381 e. The van der Waals surface area contributed by atoms with Gasteiger partial charge in [-0.15, -0.1) is 0 Å². The predicted octanol–water partition coefficient (Wildman–Crippen LogP) is 1.89. The largest absolute Gasteiger partial charge is 0.381 e. The third-order valence-corrected chi connectivity index (χ3v) is 4.28. The molecule has 0 amide bonds.